The molecule has 0 heterocycles. The third kappa shape index (κ3) is 7.50. The zero-order valence-electron chi connectivity index (χ0n) is 6.68. The van der Waals surface area contributed by atoms with Gasteiger partial charge < -0.3 is 10.4 Å². The van der Waals surface area contributed by atoms with Crippen molar-refractivity contribution in [1.82, 2.24) is 5.32 Å². The van der Waals surface area contributed by atoms with Crippen molar-refractivity contribution in [3.63, 3.8) is 0 Å². The molecule has 0 rings (SSSR count). The number of amides is 1. The number of hydrogen-bond donors (Lipinski definition) is 2. The first-order valence-corrected chi connectivity index (χ1v) is 4.10. The number of carbonyl (C=O) groups is 2. The summed E-state index contributed by atoms with van der Waals surface area (Å²) >= 11 is 5.02. The van der Waals surface area contributed by atoms with Gasteiger partial charge >= 0.3 is 0 Å². The first-order chi connectivity index (χ1) is 5.66. The van der Waals surface area contributed by atoms with E-state index in [4.69, 9.17) is 16.7 Å². The Morgan fingerprint density at radius 3 is 2.50 bits per heavy atom. The summed E-state index contributed by atoms with van der Waals surface area (Å²) in [6.07, 6.45) is 0.709. The predicted octanol–water partition coefficient (Wildman–Crippen LogP) is 0.0306. The van der Waals surface area contributed by atoms with Crippen molar-refractivity contribution in [2.75, 3.05) is 13.2 Å². The van der Waals surface area contributed by atoms with Crippen LogP contribution in [0.4, 0.5) is 0 Å². The van der Waals surface area contributed by atoms with Crippen LogP contribution >= 0.6 is 11.6 Å². The van der Waals surface area contributed by atoms with Gasteiger partial charge in [-0.05, 0) is 18.0 Å². The van der Waals surface area contributed by atoms with E-state index in [9.17, 15) is 9.59 Å². The summed E-state index contributed by atoms with van der Waals surface area (Å²) in [5, 5.41) is 10.4. The number of aliphatic hydroxyl groups is 1. The topological polar surface area (TPSA) is 66.4 Å². The normalized spacial score (nSPS) is 9.50. The standard InChI is InChI=1S/C7H12ClNO3/c8-6(11)2-3-7(12)9-4-1-5-10/h10H,1-5H2,(H,9,12). The molecule has 0 aromatic rings. The van der Waals surface area contributed by atoms with Crippen molar-refractivity contribution in [2.24, 2.45) is 0 Å². The zero-order valence-corrected chi connectivity index (χ0v) is 7.43. The number of rotatable bonds is 6. The third-order valence-corrected chi connectivity index (χ3v) is 1.39. The van der Waals surface area contributed by atoms with Crippen LogP contribution < -0.4 is 5.32 Å². The Kier molecular flexibility index (Phi) is 6.70. The lowest BCUT2D eigenvalue weighted by Gasteiger charge is -2.01. The van der Waals surface area contributed by atoms with Crippen LogP contribution in [0.15, 0.2) is 0 Å². The Morgan fingerprint density at radius 2 is 2.00 bits per heavy atom. The van der Waals surface area contributed by atoms with Crippen LogP contribution in [-0.4, -0.2) is 29.4 Å². The molecule has 0 aromatic carbocycles. The van der Waals surface area contributed by atoms with Gasteiger partial charge in [-0.3, -0.25) is 9.59 Å². The van der Waals surface area contributed by atoms with Gasteiger partial charge in [-0.25, -0.2) is 0 Å². The summed E-state index contributed by atoms with van der Waals surface area (Å²) in [6, 6.07) is 0. The van der Waals surface area contributed by atoms with Gasteiger partial charge in [0.2, 0.25) is 11.1 Å². The molecule has 0 atom stereocenters. The number of halogens is 1. The van der Waals surface area contributed by atoms with Crippen LogP contribution in [-0.2, 0) is 9.59 Å². The van der Waals surface area contributed by atoms with Crippen molar-refractivity contribution in [3.05, 3.63) is 0 Å². The molecule has 0 aromatic heterocycles. The fourth-order valence-corrected chi connectivity index (χ4v) is 0.702. The van der Waals surface area contributed by atoms with Crippen molar-refractivity contribution < 1.29 is 14.7 Å². The highest BCUT2D eigenvalue weighted by Gasteiger charge is 2.02. The molecule has 0 saturated carbocycles. The van der Waals surface area contributed by atoms with Crippen LogP contribution in [0.1, 0.15) is 19.3 Å². The second kappa shape index (κ2) is 7.06. The van der Waals surface area contributed by atoms with E-state index < -0.39 is 5.24 Å². The van der Waals surface area contributed by atoms with Crippen LogP contribution in [0.3, 0.4) is 0 Å². The molecule has 0 aliphatic carbocycles. The summed E-state index contributed by atoms with van der Waals surface area (Å²) < 4.78 is 0. The fourth-order valence-electron chi connectivity index (χ4n) is 0.607. The van der Waals surface area contributed by atoms with Crippen molar-refractivity contribution in [2.45, 2.75) is 19.3 Å². The molecule has 2 N–H and O–H groups in total. The van der Waals surface area contributed by atoms with Gasteiger partial charge in [-0.1, -0.05) is 0 Å². The molecule has 1 amide bonds. The van der Waals surface area contributed by atoms with Gasteiger partial charge in [0.05, 0.1) is 0 Å². The summed E-state index contributed by atoms with van der Waals surface area (Å²) in [6.45, 7) is 0.487. The van der Waals surface area contributed by atoms with Crippen molar-refractivity contribution >= 4 is 22.8 Å². The van der Waals surface area contributed by atoms with Gasteiger partial charge in [-0.2, -0.15) is 0 Å². The lowest BCUT2D eigenvalue weighted by Crippen LogP contribution is -2.24. The van der Waals surface area contributed by atoms with Gasteiger partial charge in [0.15, 0.2) is 0 Å². The molecule has 12 heavy (non-hydrogen) atoms. The van der Waals surface area contributed by atoms with Gasteiger partial charge in [0, 0.05) is 26.0 Å². The Morgan fingerprint density at radius 1 is 1.33 bits per heavy atom. The molecule has 0 aliphatic rings. The Hall–Kier alpha value is -0.610. The van der Waals surface area contributed by atoms with Gasteiger partial charge in [-0.15, -0.1) is 0 Å². The fraction of sp³-hybridized carbons (Fsp3) is 0.714. The largest absolute Gasteiger partial charge is 0.396 e. The molecule has 4 nitrogen and oxygen atoms in total. The second-order valence-electron chi connectivity index (χ2n) is 2.28. The summed E-state index contributed by atoms with van der Waals surface area (Å²) in [5.41, 5.74) is 0. The van der Waals surface area contributed by atoms with E-state index in [1.807, 2.05) is 0 Å². The Labute approximate surface area is 75.9 Å². The molecule has 0 bridgehead atoms. The van der Waals surface area contributed by atoms with Crippen LogP contribution in [0.5, 0.6) is 0 Å². The van der Waals surface area contributed by atoms with E-state index in [0.717, 1.165) is 0 Å². The number of hydrogen-bond acceptors (Lipinski definition) is 3. The molecule has 70 valence electrons. The van der Waals surface area contributed by atoms with Crippen LogP contribution in [0.2, 0.25) is 0 Å². The highest BCUT2D eigenvalue weighted by atomic mass is 35.5. The van der Waals surface area contributed by atoms with Gasteiger partial charge in [0.1, 0.15) is 0 Å². The van der Waals surface area contributed by atoms with Gasteiger partial charge in [0.25, 0.3) is 0 Å². The molecule has 0 saturated heterocycles. The number of aliphatic hydroxyl groups excluding tert-OH is 1. The molecule has 0 aliphatic heterocycles. The summed E-state index contributed by atoms with van der Waals surface area (Å²) in [7, 11) is 0. The second-order valence-corrected chi connectivity index (χ2v) is 2.70. The highest BCUT2D eigenvalue weighted by molar-refractivity contribution is 6.63. The third-order valence-electron chi connectivity index (χ3n) is 1.21. The lowest BCUT2D eigenvalue weighted by molar-refractivity contribution is -0.123. The van der Waals surface area contributed by atoms with E-state index >= 15 is 0 Å². The maximum Gasteiger partial charge on any atom is 0.222 e. The average Bonchev–Trinajstić information content (AvgIpc) is 2.01. The maximum atomic E-state index is 10.8. The van der Waals surface area contributed by atoms with Crippen molar-refractivity contribution in [3.8, 4) is 0 Å². The summed E-state index contributed by atoms with van der Waals surface area (Å²) in [4.78, 5) is 21.0. The zero-order chi connectivity index (χ0) is 9.40. The SMILES string of the molecule is O=C(Cl)CCC(=O)NCCCO. The Balaban J connectivity index is 3.28. The average molecular weight is 194 g/mol. The molecular weight excluding hydrogens is 182 g/mol. The molecule has 5 heteroatoms. The highest BCUT2D eigenvalue weighted by Crippen LogP contribution is 1.93. The van der Waals surface area contributed by atoms with E-state index in [-0.39, 0.29) is 25.4 Å². The molecule has 0 spiro atoms. The van der Waals surface area contributed by atoms with Crippen LogP contribution in [0, 0.1) is 0 Å². The van der Waals surface area contributed by atoms with E-state index in [1.54, 1.807) is 0 Å². The quantitative estimate of drug-likeness (QED) is 0.462. The minimum absolute atomic E-state index is 0.0503. The minimum atomic E-state index is -0.507. The predicted molar refractivity (Wildman–Crippen MR) is 44.8 cm³/mol. The minimum Gasteiger partial charge on any atom is -0.396 e. The first-order valence-electron chi connectivity index (χ1n) is 3.72. The molecular formula is C7H12ClNO3. The first kappa shape index (κ1) is 11.4. The van der Waals surface area contributed by atoms with E-state index in [0.29, 0.717) is 13.0 Å². The van der Waals surface area contributed by atoms with E-state index in [1.165, 1.54) is 0 Å². The number of carbonyl (C=O) groups excluding carboxylic acids is 2. The van der Waals surface area contributed by atoms with Crippen LogP contribution in [0.25, 0.3) is 0 Å². The molecule has 0 unspecified atom stereocenters. The smallest absolute Gasteiger partial charge is 0.222 e. The maximum absolute atomic E-state index is 10.8. The molecule has 0 radical (unpaired) electrons. The monoisotopic (exact) mass is 193 g/mol. The Bertz CT molecular complexity index is 161. The summed E-state index contributed by atoms with van der Waals surface area (Å²) in [5.74, 6) is -0.211. The molecule has 0 fully saturated rings. The lowest BCUT2D eigenvalue weighted by atomic mass is 10.3. The number of nitrogens with one attached hydrogen (secondary N) is 1. The van der Waals surface area contributed by atoms with E-state index in [2.05, 4.69) is 5.32 Å². The van der Waals surface area contributed by atoms with Crippen molar-refractivity contribution in [1.29, 1.82) is 0 Å².